The number of thioether (sulfide) groups is 1. The zero-order valence-corrected chi connectivity index (χ0v) is 25.2. The highest BCUT2D eigenvalue weighted by Gasteiger charge is 2.78. The van der Waals surface area contributed by atoms with Crippen LogP contribution in [0.4, 0.5) is 5.69 Å². The maximum Gasteiger partial charge on any atom is 0.247 e. The number of nitrogens with zero attached hydrogens (tertiary/aromatic N) is 3. The Kier molecular flexibility index (Phi) is 8.76. The van der Waals surface area contributed by atoms with Crippen LogP contribution in [0.5, 0.6) is 5.75 Å². The van der Waals surface area contributed by atoms with Crippen LogP contribution in [-0.2, 0) is 14.4 Å². The van der Waals surface area contributed by atoms with Crippen molar-refractivity contribution in [1.82, 2.24) is 9.80 Å². The summed E-state index contributed by atoms with van der Waals surface area (Å²) in [5, 5.41) is 10.1. The number of rotatable bonds is 12. The molecule has 9 heteroatoms. The van der Waals surface area contributed by atoms with Crippen LogP contribution >= 0.6 is 11.8 Å². The third kappa shape index (κ3) is 4.75. The van der Waals surface area contributed by atoms with E-state index in [9.17, 15) is 19.5 Å². The van der Waals surface area contributed by atoms with Crippen LogP contribution in [0.3, 0.4) is 0 Å². The maximum atomic E-state index is 14.5. The molecule has 3 aliphatic rings. The van der Waals surface area contributed by atoms with E-state index in [0.717, 1.165) is 6.42 Å². The van der Waals surface area contributed by atoms with Gasteiger partial charge in [-0.1, -0.05) is 12.2 Å². The van der Waals surface area contributed by atoms with E-state index in [-0.39, 0.29) is 36.9 Å². The molecular formula is C31H43N3O5S. The van der Waals surface area contributed by atoms with Gasteiger partial charge in [-0.15, -0.1) is 24.9 Å². The van der Waals surface area contributed by atoms with E-state index in [4.69, 9.17) is 4.74 Å². The number of carbonyl (C=O) groups is 3. The van der Waals surface area contributed by atoms with E-state index >= 15 is 0 Å². The molecule has 40 heavy (non-hydrogen) atoms. The molecular weight excluding hydrogens is 526 g/mol. The smallest absolute Gasteiger partial charge is 0.247 e. The molecule has 1 spiro atoms. The van der Waals surface area contributed by atoms with Crippen molar-refractivity contribution in [3.8, 4) is 5.75 Å². The zero-order chi connectivity index (χ0) is 29.4. The number of aliphatic hydroxyl groups is 1. The van der Waals surface area contributed by atoms with Gasteiger partial charge in [-0.2, -0.15) is 0 Å². The second-order valence-corrected chi connectivity index (χ2v) is 13.4. The van der Waals surface area contributed by atoms with Crippen molar-refractivity contribution in [3.63, 3.8) is 0 Å². The molecule has 0 saturated carbocycles. The molecule has 218 valence electrons. The minimum absolute atomic E-state index is 0.0957. The highest BCUT2D eigenvalue weighted by atomic mass is 32.2. The number of carbonyl (C=O) groups excluding carboxylic acids is 3. The van der Waals surface area contributed by atoms with Gasteiger partial charge in [0.25, 0.3) is 0 Å². The van der Waals surface area contributed by atoms with Crippen molar-refractivity contribution in [2.75, 3.05) is 31.2 Å². The van der Waals surface area contributed by atoms with Crippen LogP contribution in [0.2, 0.25) is 0 Å². The first-order valence-corrected chi connectivity index (χ1v) is 15.0. The van der Waals surface area contributed by atoms with E-state index in [0.29, 0.717) is 31.0 Å². The number of fused-ring (bicyclic) bond motifs is 1. The van der Waals surface area contributed by atoms with Crippen molar-refractivity contribution < 1.29 is 24.2 Å². The lowest BCUT2D eigenvalue weighted by atomic mass is 9.66. The summed E-state index contributed by atoms with van der Waals surface area (Å²) in [4.78, 5) is 48.1. The van der Waals surface area contributed by atoms with Gasteiger partial charge in [-0.05, 0) is 71.7 Å². The average Bonchev–Trinajstić information content (AvgIpc) is 3.50. The van der Waals surface area contributed by atoms with E-state index < -0.39 is 33.4 Å². The molecule has 0 aromatic heterocycles. The Balaban J connectivity index is 1.78. The lowest BCUT2D eigenvalue weighted by Gasteiger charge is -2.40. The van der Waals surface area contributed by atoms with Crippen molar-refractivity contribution in [2.45, 2.75) is 75.1 Å². The Morgan fingerprint density at radius 1 is 1.15 bits per heavy atom. The predicted molar refractivity (Wildman–Crippen MR) is 159 cm³/mol. The summed E-state index contributed by atoms with van der Waals surface area (Å²) in [5.74, 6) is -1.08. The molecule has 3 saturated heterocycles. The zero-order valence-electron chi connectivity index (χ0n) is 24.3. The molecule has 6 atom stereocenters. The Labute approximate surface area is 242 Å². The summed E-state index contributed by atoms with van der Waals surface area (Å²) in [5.41, 5.74) is 0.703. The summed E-state index contributed by atoms with van der Waals surface area (Å²) in [6, 6.07) is 5.95. The number of ether oxygens (including phenoxy) is 1. The van der Waals surface area contributed by atoms with Gasteiger partial charge in [0.1, 0.15) is 11.8 Å². The van der Waals surface area contributed by atoms with Gasteiger partial charge in [0.2, 0.25) is 17.7 Å². The van der Waals surface area contributed by atoms with Crippen LogP contribution in [0.25, 0.3) is 0 Å². The molecule has 1 aromatic rings. The third-order valence-electron chi connectivity index (χ3n) is 8.72. The van der Waals surface area contributed by atoms with Crippen molar-refractivity contribution >= 4 is 35.2 Å². The fourth-order valence-electron chi connectivity index (χ4n) is 6.94. The lowest BCUT2D eigenvalue weighted by molar-refractivity contribution is -0.146. The molecule has 3 heterocycles. The first-order chi connectivity index (χ1) is 19.0. The van der Waals surface area contributed by atoms with E-state index in [1.165, 1.54) is 0 Å². The standard InChI is InChI=1S/C31H43N3O5S/c1-8-17-32(20(4)5)29(38)26-31-16-15-30(7,40-31)24(25(31)28(37)34(26)21(6)19-35)27(36)33(18-9-2)22-11-13-23(14-12-22)39-10-3/h8-9,11-14,20-21,24-26,35H,1-2,10,15-19H2,3-7H3/t21-,24+,25+,26?,30-,31?/m1/s1. The monoisotopic (exact) mass is 569 g/mol. The predicted octanol–water partition coefficient (Wildman–Crippen LogP) is 3.89. The Hall–Kier alpha value is -2.78. The molecule has 4 rings (SSSR count). The Morgan fingerprint density at radius 2 is 1.80 bits per heavy atom. The Bertz CT molecular complexity index is 1160. The summed E-state index contributed by atoms with van der Waals surface area (Å²) < 4.78 is 4.33. The highest BCUT2D eigenvalue weighted by molar-refractivity contribution is 8.02. The van der Waals surface area contributed by atoms with E-state index in [2.05, 4.69) is 20.1 Å². The molecule has 0 radical (unpaired) electrons. The summed E-state index contributed by atoms with van der Waals surface area (Å²) in [7, 11) is 0. The van der Waals surface area contributed by atoms with Crippen molar-refractivity contribution in [2.24, 2.45) is 11.8 Å². The number of aliphatic hydroxyl groups excluding tert-OH is 1. The number of anilines is 1. The van der Waals surface area contributed by atoms with Crippen molar-refractivity contribution in [1.29, 1.82) is 0 Å². The first kappa shape index (κ1) is 30.2. The van der Waals surface area contributed by atoms with Gasteiger partial charge in [0, 0.05) is 29.6 Å². The molecule has 2 unspecified atom stereocenters. The van der Waals surface area contributed by atoms with E-state index in [1.807, 2.05) is 45.0 Å². The van der Waals surface area contributed by atoms with Gasteiger partial charge < -0.3 is 24.5 Å². The largest absolute Gasteiger partial charge is 0.494 e. The van der Waals surface area contributed by atoms with E-state index in [1.54, 1.807) is 45.5 Å². The second kappa shape index (κ2) is 11.6. The number of benzene rings is 1. The third-order valence-corrected chi connectivity index (χ3v) is 10.7. The number of hydrogen-bond donors (Lipinski definition) is 1. The van der Waals surface area contributed by atoms with Gasteiger partial charge in [0.15, 0.2) is 0 Å². The van der Waals surface area contributed by atoms with Crippen LogP contribution in [0, 0.1) is 11.8 Å². The fourth-order valence-corrected chi connectivity index (χ4v) is 9.27. The topological polar surface area (TPSA) is 90.4 Å². The fraction of sp³-hybridized carbons (Fsp3) is 0.581. The lowest BCUT2D eigenvalue weighted by Crippen LogP contribution is -2.58. The average molecular weight is 570 g/mol. The summed E-state index contributed by atoms with van der Waals surface area (Å²) >= 11 is 1.64. The highest BCUT2D eigenvalue weighted by Crippen LogP contribution is 2.72. The molecule has 3 fully saturated rings. The molecule has 8 nitrogen and oxygen atoms in total. The molecule has 3 aliphatic heterocycles. The molecule has 0 aliphatic carbocycles. The minimum atomic E-state index is -0.766. The van der Waals surface area contributed by atoms with Gasteiger partial charge in [0.05, 0.1) is 35.8 Å². The number of amides is 3. The van der Waals surface area contributed by atoms with Gasteiger partial charge in [-0.25, -0.2) is 0 Å². The van der Waals surface area contributed by atoms with Crippen LogP contribution in [-0.4, -0.2) is 86.6 Å². The minimum Gasteiger partial charge on any atom is -0.494 e. The quantitative estimate of drug-likeness (QED) is 0.384. The molecule has 1 aromatic carbocycles. The summed E-state index contributed by atoms with van der Waals surface area (Å²) in [6.45, 7) is 18.3. The van der Waals surface area contributed by atoms with Gasteiger partial charge >= 0.3 is 0 Å². The molecule has 2 bridgehead atoms. The van der Waals surface area contributed by atoms with Crippen molar-refractivity contribution in [3.05, 3.63) is 49.6 Å². The molecule has 3 amide bonds. The number of hydrogen-bond acceptors (Lipinski definition) is 6. The molecule has 1 N–H and O–H groups in total. The normalized spacial score (nSPS) is 29.3. The maximum absolute atomic E-state index is 14.5. The Morgan fingerprint density at radius 3 is 2.35 bits per heavy atom. The number of likely N-dealkylation sites (tertiary alicyclic amines) is 1. The van der Waals surface area contributed by atoms with Crippen LogP contribution in [0.1, 0.15) is 47.5 Å². The van der Waals surface area contributed by atoms with Gasteiger partial charge in [-0.3, -0.25) is 14.4 Å². The van der Waals surface area contributed by atoms with Crippen LogP contribution in [0.15, 0.2) is 49.6 Å². The SMILES string of the molecule is C=CCN(C(=O)[C@@H]1[C@H]2C(=O)N([C@H](C)CO)C(C(=O)N(CC=C)C(C)C)C23CC[C@@]1(C)S3)c1ccc(OCC)cc1. The second-order valence-electron chi connectivity index (χ2n) is 11.5. The first-order valence-electron chi connectivity index (χ1n) is 14.2. The van der Waals surface area contributed by atoms with Crippen LogP contribution < -0.4 is 9.64 Å². The summed E-state index contributed by atoms with van der Waals surface area (Å²) in [6.07, 6.45) is 4.76.